The van der Waals surface area contributed by atoms with Crippen LogP contribution < -0.4 is 11.1 Å². The molecule has 0 bridgehead atoms. The van der Waals surface area contributed by atoms with Crippen molar-refractivity contribution in [3.8, 4) is 0 Å². The van der Waals surface area contributed by atoms with Gasteiger partial charge in [-0.05, 0) is 23.3 Å². The molecular weight excluding hydrogens is 338 g/mol. The van der Waals surface area contributed by atoms with E-state index >= 15 is 0 Å². The summed E-state index contributed by atoms with van der Waals surface area (Å²) in [6.07, 6.45) is 2.41. The molecule has 3 rings (SSSR count). The number of nitrogens with zero attached hydrogens (tertiary/aromatic N) is 2. The molecule has 2 aromatic heterocycles. The molecule has 0 aliphatic rings. The molecule has 0 atom stereocenters. The monoisotopic (exact) mass is 354 g/mol. The number of anilines is 2. The average molecular weight is 354 g/mol. The van der Waals surface area contributed by atoms with Gasteiger partial charge in [0.05, 0.1) is 11.9 Å². The van der Waals surface area contributed by atoms with Crippen molar-refractivity contribution in [2.24, 2.45) is 0 Å². The van der Waals surface area contributed by atoms with Crippen molar-refractivity contribution in [2.75, 3.05) is 11.1 Å². The van der Waals surface area contributed by atoms with Gasteiger partial charge in [-0.2, -0.15) is 0 Å². The highest BCUT2D eigenvalue weighted by atomic mass is 19.1. The van der Waals surface area contributed by atoms with Gasteiger partial charge in [0.15, 0.2) is 11.6 Å². The Morgan fingerprint density at radius 1 is 1.08 bits per heavy atom. The van der Waals surface area contributed by atoms with Crippen molar-refractivity contribution < 1.29 is 13.6 Å². The smallest absolute Gasteiger partial charge is 0.188 e. The van der Waals surface area contributed by atoms with Gasteiger partial charge in [0, 0.05) is 25.2 Å². The Kier molecular flexibility index (Phi) is 5.17. The molecular formula is C19H16F2N4O. The van der Waals surface area contributed by atoms with Crippen LogP contribution in [0.3, 0.4) is 0 Å². The number of pyridine rings is 2. The zero-order valence-electron chi connectivity index (χ0n) is 13.7. The number of hydrogen-bond acceptors (Lipinski definition) is 5. The molecule has 0 amide bonds. The average Bonchev–Trinajstić information content (AvgIpc) is 2.61. The normalized spacial score (nSPS) is 10.5. The van der Waals surface area contributed by atoms with E-state index in [0.29, 0.717) is 29.7 Å². The topological polar surface area (TPSA) is 80.9 Å². The van der Waals surface area contributed by atoms with Crippen molar-refractivity contribution in [2.45, 2.75) is 13.0 Å². The second-order valence-electron chi connectivity index (χ2n) is 5.69. The van der Waals surface area contributed by atoms with Crippen LogP contribution in [-0.2, 0) is 13.0 Å². The van der Waals surface area contributed by atoms with Crippen LogP contribution >= 0.6 is 0 Å². The summed E-state index contributed by atoms with van der Waals surface area (Å²) in [5.41, 5.74) is 7.76. The minimum atomic E-state index is -0.958. The van der Waals surface area contributed by atoms with Crippen LogP contribution in [-0.4, -0.2) is 15.8 Å². The number of ketones is 1. The van der Waals surface area contributed by atoms with Gasteiger partial charge in [-0.1, -0.05) is 24.3 Å². The third kappa shape index (κ3) is 4.18. The summed E-state index contributed by atoms with van der Waals surface area (Å²) in [4.78, 5) is 19.8. The molecule has 0 radical (unpaired) electrons. The van der Waals surface area contributed by atoms with Gasteiger partial charge in [-0.25, -0.2) is 18.7 Å². The number of nitrogens with one attached hydrogen (secondary N) is 1. The van der Waals surface area contributed by atoms with Crippen molar-refractivity contribution >= 4 is 17.3 Å². The second kappa shape index (κ2) is 7.69. The van der Waals surface area contributed by atoms with E-state index in [2.05, 4.69) is 15.3 Å². The van der Waals surface area contributed by atoms with E-state index in [-0.39, 0.29) is 12.1 Å². The summed E-state index contributed by atoms with van der Waals surface area (Å²) in [5, 5.41) is 3.17. The SMILES string of the molecule is Nc1ncccc1NCc1cccc(CC(=O)c2ncc(F)cc2F)c1. The summed E-state index contributed by atoms with van der Waals surface area (Å²) in [6, 6.07) is 11.5. The molecule has 0 fully saturated rings. The molecule has 5 nitrogen and oxygen atoms in total. The number of hydrogen-bond donors (Lipinski definition) is 2. The van der Waals surface area contributed by atoms with E-state index < -0.39 is 17.4 Å². The summed E-state index contributed by atoms with van der Waals surface area (Å²) in [7, 11) is 0. The molecule has 1 aromatic carbocycles. The van der Waals surface area contributed by atoms with Gasteiger partial charge in [0.25, 0.3) is 0 Å². The largest absolute Gasteiger partial charge is 0.382 e. The van der Waals surface area contributed by atoms with Gasteiger partial charge in [0.2, 0.25) is 0 Å². The third-order valence-corrected chi connectivity index (χ3v) is 3.75. The van der Waals surface area contributed by atoms with Crippen LogP contribution in [0.15, 0.2) is 54.9 Å². The summed E-state index contributed by atoms with van der Waals surface area (Å²) in [5.74, 6) is -1.89. The minimum Gasteiger partial charge on any atom is -0.382 e. The molecule has 132 valence electrons. The quantitative estimate of drug-likeness (QED) is 0.663. The lowest BCUT2D eigenvalue weighted by molar-refractivity contribution is 0.0983. The number of nitrogen functional groups attached to an aromatic ring is 1. The van der Waals surface area contributed by atoms with Crippen LogP contribution in [0.5, 0.6) is 0 Å². The van der Waals surface area contributed by atoms with Crippen molar-refractivity contribution in [3.63, 3.8) is 0 Å². The fraction of sp³-hybridized carbons (Fsp3) is 0.105. The van der Waals surface area contributed by atoms with E-state index in [1.54, 1.807) is 24.4 Å². The van der Waals surface area contributed by atoms with Gasteiger partial charge >= 0.3 is 0 Å². The highest BCUT2D eigenvalue weighted by Crippen LogP contribution is 2.16. The first-order chi connectivity index (χ1) is 12.5. The van der Waals surface area contributed by atoms with Gasteiger partial charge in [-0.3, -0.25) is 4.79 Å². The summed E-state index contributed by atoms with van der Waals surface area (Å²) in [6.45, 7) is 0.487. The Balaban J connectivity index is 1.69. The van der Waals surface area contributed by atoms with E-state index in [9.17, 15) is 13.6 Å². The van der Waals surface area contributed by atoms with Gasteiger partial charge in [0.1, 0.15) is 17.3 Å². The molecule has 0 aliphatic heterocycles. The zero-order valence-corrected chi connectivity index (χ0v) is 13.7. The fourth-order valence-electron chi connectivity index (χ4n) is 2.50. The van der Waals surface area contributed by atoms with Gasteiger partial charge < -0.3 is 11.1 Å². The summed E-state index contributed by atoms with van der Waals surface area (Å²) < 4.78 is 26.6. The Labute approximate surface area is 148 Å². The Bertz CT molecular complexity index is 946. The molecule has 3 N–H and O–H groups in total. The second-order valence-corrected chi connectivity index (χ2v) is 5.69. The number of aromatic nitrogens is 2. The Hall–Kier alpha value is -3.35. The predicted molar refractivity (Wildman–Crippen MR) is 94.6 cm³/mol. The molecule has 0 unspecified atom stereocenters. The van der Waals surface area contributed by atoms with Crippen LogP contribution in [0.4, 0.5) is 20.3 Å². The molecule has 7 heteroatoms. The van der Waals surface area contributed by atoms with Crippen LogP contribution in [0, 0.1) is 11.6 Å². The molecule has 0 saturated carbocycles. The maximum Gasteiger partial charge on any atom is 0.188 e. The van der Waals surface area contributed by atoms with Gasteiger partial charge in [-0.15, -0.1) is 0 Å². The first kappa shape index (κ1) is 17.5. The molecule has 0 saturated heterocycles. The molecule has 0 spiro atoms. The highest BCUT2D eigenvalue weighted by molar-refractivity contribution is 5.95. The van der Waals surface area contributed by atoms with E-state index in [1.807, 2.05) is 18.2 Å². The lowest BCUT2D eigenvalue weighted by Crippen LogP contribution is -2.10. The standard InChI is InChI=1S/C19H16F2N4O/c20-14-9-15(21)18(25-11-14)17(26)8-12-3-1-4-13(7-12)10-24-16-5-2-6-23-19(16)22/h1-7,9,11,24H,8,10H2,(H2,22,23). The molecule has 0 aliphatic carbocycles. The first-order valence-electron chi connectivity index (χ1n) is 7.89. The predicted octanol–water partition coefficient (Wildman–Crippen LogP) is 3.37. The number of Topliss-reactive ketones (excluding diaryl/α,β-unsaturated/α-hetero) is 1. The van der Waals surface area contributed by atoms with E-state index in [4.69, 9.17) is 5.73 Å². The minimum absolute atomic E-state index is 0.0293. The third-order valence-electron chi connectivity index (χ3n) is 3.75. The molecule has 26 heavy (non-hydrogen) atoms. The number of rotatable bonds is 6. The lowest BCUT2D eigenvalue weighted by atomic mass is 10.0. The highest BCUT2D eigenvalue weighted by Gasteiger charge is 2.15. The molecule has 2 heterocycles. The van der Waals surface area contributed by atoms with Crippen molar-refractivity contribution in [1.29, 1.82) is 0 Å². The van der Waals surface area contributed by atoms with Crippen LogP contribution in [0.25, 0.3) is 0 Å². The maximum absolute atomic E-state index is 13.7. The number of nitrogens with two attached hydrogens (primary N) is 1. The number of benzene rings is 1. The zero-order chi connectivity index (χ0) is 18.5. The summed E-state index contributed by atoms with van der Waals surface area (Å²) >= 11 is 0. The van der Waals surface area contributed by atoms with Crippen molar-refractivity contribution in [3.05, 3.63) is 83.3 Å². The van der Waals surface area contributed by atoms with E-state index in [1.165, 1.54) is 0 Å². The fourth-order valence-corrected chi connectivity index (χ4v) is 2.50. The number of carbonyl (C=O) groups is 1. The number of carbonyl (C=O) groups excluding carboxylic acids is 1. The van der Waals surface area contributed by atoms with Crippen molar-refractivity contribution in [1.82, 2.24) is 9.97 Å². The van der Waals surface area contributed by atoms with Crippen LogP contribution in [0.1, 0.15) is 21.6 Å². The maximum atomic E-state index is 13.7. The van der Waals surface area contributed by atoms with E-state index in [0.717, 1.165) is 11.8 Å². The number of halogens is 2. The Morgan fingerprint density at radius 2 is 1.88 bits per heavy atom. The first-order valence-corrected chi connectivity index (χ1v) is 7.89. The lowest BCUT2D eigenvalue weighted by Gasteiger charge is -2.09. The Morgan fingerprint density at radius 3 is 2.65 bits per heavy atom. The molecule has 3 aromatic rings. The van der Waals surface area contributed by atoms with Crippen LogP contribution in [0.2, 0.25) is 0 Å².